The molecule has 0 spiro atoms. The van der Waals surface area contributed by atoms with Crippen molar-refractivity contribution >= 4 is 27.3 Å². The van der Waals surface area contributed by atoms with E-state index in [0.717, 1.165) is 30.7 Å². The number of rotatable bonds is 5. The van der Waals surface area contributed by atoms with E-state index in [9.17, 15) is 26.4 Å². The minimum atomic E-state index is -4.92. The van der Waals surface area contributed by atoms with Crippen LogP contribution in [0.1, 0.15) is 12.8 Å². The van der Waals surface area contributed by atoms with Crippen molar-refractivity contribution in [2.24, 2.45) is 0 Å². The lowest BCUT2D eigenvalue weighted by Gasteiger charge is -2.17. The first-order valence-corrected chi connectivity index (χ1v) is 9.41. The molecule has 27 heavy (non-hydrogen) atoms. The van der Waals surface area contributed by atoms with Crippen LogP contribution in [0.4, 0.5) is 24.5 Å². The second kappa shape index (κ2) is 7.10. The lowest BCUT2D eigenvalue weighted by molar-refractivity contribution is -0.274. The highest BCUT2D eigenvalue weighted by Crippen LogP contribution is 2.28. The Labute approximate surface area is 153 Å². The van der Waals surface area contributed by atoms with E-state index < -0.39 is 22.1 Å². The molecular formula is C17H15F3N2O4S. The highest BCUT2D eigenvalue weighted by Gasteiger charge is 2.31. The summed E-state index contributed by atoms with van der Waals surface area (Å²) in [6, 6.07) is 10.3. The Morgan fingerprint density at radius 2 is 1.81 bits per heavy atom. The average molecular weight is 400 g/mol. The van der Waals surface area contributed by atoms with Gasteiger partial charge in [-0.15, -0.1) is 13.2 Å². The molecule has 2 aromatic rings. The van der Waals surface area contributed by atoms with Gasteiger partial charge >= 0.3 is 6.36 Å². The fraction of sp³-hybridized carbons (Fsp3) is 0.235. The zero-order valence-electron chi connectivity index (χ0n) is 13.9. The summed E-state index contributed by atoms with van der Waals surface area (Å²) in [6.45, 7) is 0.547. The number of hydrogen-bond acceptors (Lipinski definition) is 4. The molecule has 0 atom stereocenters. The monoisotopic (exact) mass is 400 g/mol. The molecule has 0 radical (unpaired) electrons. The zero-order chi connectivity index (χ0) is 19.7. The summed E-state index contributed by atoms with van der Waals surface area (Å²) in [5.41, 5.74) is 0.737. The molecule has 1 fully saturated rings. The molecular weight excluding hydrogens is 385 g/mol. The summed E-state index contributed by atoms with van der Waals surface area (Å²) in [4.78, 5) is 13.0. The van der Waals surface area contributed by atoms with Gasteiger partial charge in [0.05, 0.1) is 10.6 Å². The standard InChI is InChI=1S/C17H15F3N2O4S/c18-17(19,20)26-14-6-2-7-15(11-14)27(24,25)21-12-4-1-5-13(10-12)22-9-3-8-16(22)23/h1-2,4-7,10-11,21H,3,8-9H2. The van der Waals surface area contributed by atoms with E-state index in [1.807, 2.05) is 0 Å². The fourth-order valence-corrected chi connectivity index (χ4v) is 3.80. The summed E-state index contributed by atoms with van der Waals surface area (Å²) in [7, 11) is -4.15. The molecule has 0 aliphatic carbocycles. The number of halogens is 3. The molecule has 3 rings (SSSR count). The maximum absolute atomic E-state index is 12.5. The van der Waals surface area contributed by atoms with E-state index >= 15 is 0 Å². The van der Waals surface area contributed by atoms with Crippen LogP contribution in [0.2, 0.25) is 0 Å². The van der Waals surface area contributed by atoms with Crippen LogP contribution in [0.15, 0.2) is 53.4 Å². The summed E-state index contributed by atoms with van der Waals surface area (Å²) in [5.74, 6) is -0.686. The van der Waals surface area contributed by atoms with Crippen molar-refractivity contribution in [3.8, 4) is 5.75 Å². The van der Waals surface area contributed by atoms with E-state index in [1.165, 1.54) is 12.1 Å². The SMILES string of the molecule is O=C1CCCN1c1cccc(NS(=O)(=O)c2cccc(OC(F)(F)F)c2)c1. The first kappa shape index (κ1) is 19.0. The summed E-state index contributed by atoms with van der Waals surface area (Å²) >= 11 is 0. The van der Waals surface area contributed by atoms with E-state index in [2.05, 4.69) is 9.46 Å². The highest BCUT2D eigenvalue weighted by atomic mass is 32.2. The lowest BCUT2D eigenvalue weighted by atomic mass is 10.2. The predicted octanol–water partition coefficient (Wildman–Crippen LogP) is 3.51. The molecule has 1 saturated heterocycles. The number of nitrogens with zero attached hydrogens (tertiary/aromatic N) is 1. The van der Waals surface area contributed by atoms with Crippen molar-refractivity contribution in [1.82, 2.24) is 0 Å². The van der Waals surface area contributed by atoms with Gasteiger partial charge in [-0.2, -0.15) is 0 Å². The van der Waals surface area contributed by atoms with Gasteiger partial charge in [-0.25, -0.2) is 8.42 Å². The Bertz CT molecular complexity index is 961. The molecule has 1 N–H and O–H groups in total. The quantitative estimate of drug-likeness (QED) is 0.833. The maximum atomic E-state index is 12.5. The Hall–Kier alpha value is -2.75. The molecule has 0 unspecified atom stereocenters. The number of nitrogens with one attached hydrogen (secondary N) is 1. The first-order chi connectivity index (χ1) is 12.6. The molecule has 1 aliphatic rings. The van der Waals surface area contributed by atoms with Gasteiger partial charge in [-0.1, -0.05) is 12.1 Å². The zero-order valence-corrected chi connectivity index (χ0v) is 14.7. The van der Waals surface area contributed by atoms with Crippen LogP contribution >= 0.6 is 0 Å². The fourth-order valence-electron chi connectivity index (χ4n) is 2.71. The van der Waals surface area contributed by atoms with Crippen LogP contribution < -0.4 is 14.4 Å². The normalized spacial score (nSPS) is 15.1. The smallest absolute Gasteiger partial charge is 0.406 e. The van der Waals surface area contributed by atoms with Crippen molar-refractivity contribution in [1.29, 1.82) is 0 Å². The van der Waals surface area contributed by atoms with E-state index in [0.29, 0.717) is 18.7 Å². The van der Waals surface area contributed by atoms with Crippen LogP contribution in [0.25, 0.3) is 0 Å². The number of hydrogen-bond donors (Lipinski definition) is 1. The number of ether oxygens (including phenoxy) is 1. The second-order valence-corrected chi connectivity index (χ2v) is 7.51. The summed E-state index contributed by atoms with van der Waals surface area (Å²) in [6.07, 6.45) is -3.77. The molecule has 1 heterocycles. The van der Waals surface area contributed by atoms with Crippen LogP contribution in [0.3, 0.4) is 0 Å². The van der Waals surface area contributed by atoms with Gasteiger partial charge in [0, 0.05) is 24.7 Å². The largest absolute Gasteiger partial charge is 0.573 e. The van der Waals surface area contributed by atoms with Crippen molar-refractivity contribution < 1.29 is 31.1 Å². The molecule has 10 heteroatoms. The highest BCUT2D eigenvalue weighted by molar-refractivity contribution is 7.92. The number of sulfonamides is 1. The molecule has 0 saturated carbocycles. The molecule has 0 aromatic heterocycles. The van der Waals surface area contributed by atoms with Crippen LogP contribution in [-0.2, 0) is 14.8 Å². The molecule has 144 valence electrons. The Morgan fingerprint density at radius 3 is 2.48 bits per heavy atom. The minimum absolute atomic E-state index is 0.0491. The maximum Gasteiger partial charge on any atom is 0.573 e. The second-order valence-electron chi connectivity index (χ2n) is 5.83. The van der Waals surface area contributed by atoms with Crippen LogP contribution in [0, 0.1) is 0 Å². The molecule has 6 nitrogen and oxygen atoms in total. The Kier molecular flexibility index (Phi) is 5.01. The number of benzene rings is 2. The van der Waals surface area contributed by atoms with E-state index in [-0.39, 0.29) is 16.5 Å². The number of carbonyl (C=O) groups is 1. The first-order valence-electron chi connectivity index (χ1n) is 7.93. The summed E-state index contributed by atoms with van der Waals surface area (Å²) in [5, 5.41) is 0. The van der Waals surface area contributed by atoms with Crippen LogP contribution in [-0.4, -0.2) is 27.2 Å². The van der Waals surface area contributed by atoms with Crippen molar-refractivity contribution in [3.05, 3.63) is 48.5 Å². The Balaban J connectivity index is 1.83. The number of amides is 1. The Morgan fingerprint density at radius 1 is 1.07 bits per heavy atom. The molecule has 1 amide bonds. The van der Waals surface area contributed by atoms with Gasteiger partial charge in [0.2, 0.25) is 5.91 Å². The van der Waals surface area contributed by atoms with Crippen LogP contribution in [0.5, 0.6) is 5.75 Å². The van der Waals surface area contributed by atoms with Gasteiger partial charge in [0.1, 0.15) is 5.75 Å². The molecule has 0 bridgehead atoms. The molecule has 1 aliphatic heterocycles. The topological polar surface area (TPSA) is 75.7 Å². The van der Waals surface area contributed by atoms with Gasteiger partial charge in [-0.05, 0) is 36.8 Å². The lowest BCUT2D eigenvalue weighted by Crippen LogP contribution is -2.23. The van der Waals surface area contributed by atoms with Crippen molar-refractivity contribution in [2.75, 3.05) is 16.2 Å². The third kappa shape index (κ3) is 4.70. The van der Waals surface area contributed by atoms with Crippen molar-refractivity contribution in [2.45, 2.75) is 24.1 Å². The minimum Gasteiger partial charge on any atom is -0.406 e. The van der Waals surface area contributed by atoms with Crippen molar-refractivity contribution in [3.63, 3.8) is 0 Å². The predicted molar refractivity (Wildman–Crippen MR) is 92.0 cm³/mol. The van der Waals surface area contributed by atoms with Gasteiger partial charge in [-0.3, -0.25) is 9.52 Å². The van der Waals surface area contributed by atoms with E-state index in [4.69, 9.17) is 0 Å². The third-order valence-corrected chi connectivity index (χ3v) is 5.21. The average Bonchev–Trinajstić information content (AvgIpc) is 2.99. The number of alkyl halides is 3. The summed E-state index contributed by atoms with van der Waals surface area (Å²) < 4.78 is 68.0. The van der Waals surface area contributed by atoms with Gasteiger partial charge in [0.15, 0.2) is 0 Å². The van der Waals surface area contributed by atoms with Gasteiger partial charge in [0.25, 0.3) is 10.0 Å². The van der Waals surface area contributed by atoms with E-state index in [1.54, 1.807) is 17.0 Å². The van der Waals surface area contributed by atoms with Gasteiger partial charge < -0.3 is 9.64 Å². The number of carbonyl (C=O) groups excluding carboxylic acids is 1. The number of anilines is 2. The molecule has 2 aromatic carbocycles. The third-order valence-electron chi connectivity index (χ3n) is 3.83.